The van der Waals surface area contributed by atoms with Gasteiger partial charge in [0.05, 0.1) is 21.1 Å². The zero-order valence-electron chi connectivity index (χ0n) is 22.1. The fourth-order valence-electron chi connectivity index (χ4n) is 4.42. The van der Waals surface area contributed by atoms with E-state index >= 15 is 4.39 Å². The second-order valence-corrected chi connectivity index (χ2v) is 12.9. The zero-order valence-corrected chi connectivity index (χ0v) is 24.5. The summed E-state index contributed by atoms with van der Waals surface area (Å²) in [6.45, 7) is 4.96. The minimum atomic E-state index is -4.16. The standard InChI is InChI=1S/C26H28ClFN4O5S2/c1-15(23-8-9-24(27)38-23)14-39(35,36)32(13-19-16(2)29-37-17(19)3)22-10-11-31(26(22)34)21-7-6-18(12-20(21)28)25(33)30(4)5/h6-9,12,14,22H,10-11,13H2,1-5H3/t22-/m0/s1. The molecule has 39 heavy (non-hydrogen) atoms. The van der Waals surface area contributed by atoms with Crippen LogP contribution in [0.1, 0.15) is 45.6 Å². The third-order valence-electron chi connectivity index (χ3n) is 6.53. The van der Waals surface area contributed by atoms with Crippen LogP contribution in [-0.2, 0) is 21.4 Å². The Bertz CT molecular complexity index is 1540. The van der Waals surface area contributed by atoms with E-state index in [9.17, 15) is 18.0 Å². The van der Waals surface area contributed by atoms with Crippen LogP contribution in [0.5, 0.6) is 0 Å². The second kappa shape index (κ2) is 11.2. The lowest BCUT2D eigenvalue weighted by Crippen LogP contribution is -2.44. The van der Waals surface area contributed by atoms with Gasteiger partial charge >= 0.3 is 0 Å². The van der Waals surface area contributed by atoms with E-state index in [-0.39, 0.29) is 36.7 Å². The Hall–Kier alpha value is -3.06. The average molecular weight is 595 g/mol. The number of benzene rings is 1. The fraction of sp³-hybridized carbons (Fsp3) is 0.346. The number of halogens is 2. The summed E-state index contributed by atoms with van der Waals surface area (Å²) >= 11 is 7.27. The highest BCUT2D eigenvalue weighted by Gasteiger charge is 2.42. The zero-order chi connectivity index (χ0) is 28.6. The summed E-state index contributed by atoms with van der Waals surface area (Å²) in [5.74, 6) is -1.26. The molecule has 208 valence electrons. The molecule has 9 nitrogen and oxygen atoms in total. The highest BCUT2D eigenvalue weighted by Crippen LogP contribution is 2.33. The molecule has 0 spiro atoms. The number of aromatic nitrogens is 1. The van der Waals surface area contributed by atoms with Gasteiger partial charge in [-0.05, 0) is 63.1 Å². The van der Waals surface area contributed by atoms with Crippen LogP contribution in [0.4, 0.5) is 10.1 Å². The predicted octanol–water partition coefficient (Wildman–Crippen LogP) is 4.85. The summed E-state index contributed by atoms with van der Waals surface area (Å²) in [5.41, 5.74) is 1.64. The lowest BCUT2D eigenvalue weighted by atomic mass is 10.1. The number of rotatable bonds is 8. The van der Waals surface area contributed by atoms with Crippen molar-refractivity contribution in [3.05, 3.63) is 73.4 Å². The van der Waals surface area contributed by atoms with Gasteiger partial charge in [-0.25, -0.2) is 12.8 Å². The molecule has 0 radical (unpaired) electrons. The van der Waals surface area contributed by atoms with Gasteiger partial charge in [0.15, 0.2) is 0 Å². The number of anilines is 1. The molecule has 4 rings (SSSR count). The molecule has 1 aliphatic heterocycles. The van der Waals surface area contributed by atoms with Crippen molar-refractivity contribution >= 4 is 56.0 Å². The normalized spacial score (nSPS) is 16.4. The van der Waals surface area contributed by atoms with Crippen molar-refractivity contribution in [3.8, 4) is 0 Å². The van der Waals surface area contributed by atoms with Gasteiger partial charge in [0.2, 0.25) is 15.9 Å². The Balaban J connectivity index is 1.70. The van der Waals surface area contributed by atoms with Crippen LogP contribution in [0.2, 0.25) is 4.34 Å². The van der Waals surface area contributed by atoms with Crippen molar-refractivity contribution in [1.82, 2.24) is 14.4 Å². The first-order valence-corrected chi connectivity index (χ1v) is 14.7. The molecule has 1 aliphatic rings. The number of carbonyl (C=O) groups is 2. The van der Waals surface area contributed by atoms with E-state index in [2.05, 4.69) is 5.16 Å². The first kappa shape index (κ1) is 28.9. The molecule has 1 fully saturated rings. The number of sulfonamides is 1. The average Bonchev–Trinajstić information content (AvgIpc) is 3.56. The lowest BCUT2D eigenvalue weighted by molar-refractivity contribution is -0.120. The third kappa shape index (κ3) is 5.93. The number of allylic oxidation sites excluding steroid dienone is 1. The van der Waals surface area contributed by atoms with Gasteiger partial charge in [-0.15, -0.1) is 11.3 Å². The number of amides is 2. The smallest absolute Gasteiger partial charge is 0.253 e. The van der Waals surface area contributed by atoms with Crippen molar-refractivity contribution < 1.29 is 26.9 Å². The van der Waals surface area contributed by atoms with Gasteiger partial charge in [-0.3, -0.25) is 9.59 Å². The molecular weight excluding hydrogens is 567 g/mol. The van der Waals surface area contributed by atoms with Crippen molar-refractivity contribution in [2.75, 3.05) is 25.5 Å². The molecule has 13 heteroatoms. The number of hydrogen-bond acceptors (Lipinski definition) is 7. The minimum absolute atomic E-state index is 0.0209. The Labute approximate surface area is 235 Å². The predicted molar refractivity (Wildman–Crippen MR) is 149 cm³/mol. The van der Waals surface area contributed by atoms with Crippen LogP contribution >= 0.6 is 22.9 Å². The molecule has 1 saturated heterocycles. The van der Waals surface area contributed by atoms with Gasteiger partial charge in [0.25, 0.3) is 5.91 Å². The number of carbonyl (C=O) groups excluding carboxylic acids is 2. The summed E-state index contributed by atoms with van der Waals surface area (Å²) in [7, 11) is -1.04. The van der Waals surface area contributed by atoms with Crippen LogP contribution in [0.25, 0.3) is 5.57 Å². The van der Waals surface area contributed by atoms with Crippen molar-refractivity contribution in [2.24, 2.45) is 0 Å². The van der Waals surface area contributed by atoms with Crippen molar-refractivity contribution in [1.29, 1.82) is 0 Å². The topological polar surface area (TPSA) is 104 Å². The van der Waals surface area contributed by atoms with Crippen LogP contribution in [0, 0.1) is 19.7 Å². The first-order valence-electron chi connectivity index (χ1n) is 12.0. The quantitative estimate of drug-likeness (QED) is 0.369. The summed E-state index contributed by atoms with van der Waals surface area (Å²) in [4.78, 5) is 29.1. The van der Waals surface area contributed by atoms with Crippen LogP contribution < -0.4 is 4.90 Å². The largest absolute Gasteiger partial charge is 0.361 e. The van der Waals surface area contributed by atoms with E-state index in [1.54, 1.807) is 47.0 Å². The maximum atomic E-state index is 15.1. The summed E-state index contributed by atoms with van der Waals surface area (Å²) in [5, 5.41) is 5.03. The van der Waals surface area contributed by atoms with Gasteiger partial charge in [-0.1, -0.05) is 16.8 Å². The van der Waals surface area contributed by atoms with Gasteiger partial charge < -0.3 is 14.3 Å². The Morgan fingerprint density at radius 2 is 2.00 bits per heavy atom. The molecule has 0 saturated carbocycles. The molecule has 3 aromatic rings. The van der Waals surface area contributed by atoms with Gasteiger partial charge in [0, 0.05) is 43.2 Å². The molecule has 2 aromatic heterocycles. The number of hydrogen-bond donors (Lipinski definition) is 0. The monoisotopic (exact) mass is 594 g/mol. The Morgan fingerprint density at radius 1 is 1.28 bits per heavy atom. The summed E-state index contributed by atoms with van der Waals surface area (Å²) < 4.78 is 49.5. The number of aryl methyl sites for hydroxylation is 2. The molecule has 3 heterocycles. The molecule has 0 unspecified atom stereocenters. The molecule has 1 atom stereocenters. The molecular formula is C26H28ClFN4O5S2. The molecule has 1 aromatic carbocycles. The first-order chi connectivity index (χ1) is 18.3. The molecule has 0 N–H and O–H groups in total. The Kier molecular flexibility index (Phi) is 8.31. The van der Waals surface area contributed by atoms with Gasteiger partial charge in [-0.2, -0.15) is 4.31 Å². The third-order valence-corrected chi connectivity index (χ3v) is 9.58. The van der Waals surface area contributed by atoms with Crippen molar-refractivity contribution in [2.45, 2.75) is 39.8 Å². The van der Waals surface area contributed by atoms with E-state index in [1.165, 1.54) is 33.3 Å². The number of thiophene rings is 1. The lowest BCUT2D eigenvalue weighted by Gasteiger charge is -2.26. The highest BCUT2D eigenvalue weighted by atomic mass is 35.5. The van der Waals surface area contributed by atoms with Crippen LogP contribution in [0.15, 0.2) is 40.3 Å². The highest BCUT2D eigenvalue weighted by molar-refractivity contribution is 7.92. The van der Waals surface area contributed by atoms with Gasteiger partial charge in [0.1, 0.15) is 17.6 Å². The molecule has 0 bridgehead atoms. The van der Waals surface area contributed by atoms with E-state index < -0.39 is 27.8 Å². The summed E-state index contributed by atoms with van der Waals surface area (Å²) in [6, 6.07) is 6.19. The second-order valence-electron chi connectivity index (χ2n) is 9.46. The summed E-state index contributed by atoms with van der Waals surface area (Å²) in [6.07, 6.45) is 0.136. The minimum Gasteiger partial charge on any atom is -0.361 e. The van der Waals surface area contributed by atoms with E-state index in [0.717, 1.165) is 15.8 Å². The van der Waals surface area contributed by atoms with Crippen LogP contribution in [0.3, 0.4) is 0 Å². The SMILES string of the molecule is CC(=CS(=O)(=O)N(Cc1c(C)noc1C)[C@H]1CCN(c2ccc(C(=O)N(C)C)cc2F)C1=O)c1ccc(Cl)s1. The van der Waals surface area contributed by atoms with Crippen molar-refractivity contribution in [3.63, 3.8) is 0 Å². The van der Waals surface area contributed by atoms with E-state index in [1.807, 2.05) is 0 Å². The maximum Gasteiger partial charge on any atom is 0.253 e. The Morgan fingerprint density at radius 3 is 2.56 bits per heavy atom. The maximum absolute atomic E-state index is 15.1. The van der Waals surface area contributed by atoms with E-state index in [4.69, 9.17) is 16.1 Å². The number of nitrogens with zero attached hydrogens (tertiary/aromatic N) is 4. The molecule has 2 amide bonds. The van der Waals surface area contributed by atoms with Crippen LogP contribution in [-0.4, -0.2) is 61.3 Å². The molecule has 0 aliphatic carbocycles. The fourth-order valence-corrected chi connectivity index (χ4v) is 7.08. The van der Waals surface area contributed by atoms with E-state index in [0.29, 0.717) is 31.8 Å².